The third kappa shape index (κ3) is 6.02. The maximum atomic E-state index is 13.4. The van der Waals surface area contributed by atoms with E-state index in [4.69, 9.17) is 9.47 Å². The van der Waals surface area contributed by atoms with Crippen LogP contribution in [-0.2, 0) is 6.54 Å². The van der Waals surface area contributed by atoms with Crippen molar-refractivity contribution in [2.75, 3.05) is 25.7 Å². The van der Waals surface area contributed by atoms with E-state index in [2.05, 4.69) is 20.1 Å². The third-order valence-electron chi connectivity index (χ3n) is 5.82. The number of carbonyl (C=O) groups excluding carboxylic acids is 2. The van der Waals surface area contributed by atoms with Gasteiger partial charge in [0.15, 0.2) is 5.75 Å². The van der Waals surface area contributed by atoms with Crippen LogP contribution < -0.4 is 24.4 Å². The molecule has 10 nitrogen and oxygen atoms in total. The second-order valence-electron chi connectivity index (χ2n) is 8.24. The van der Waals surface area contributed by atoms with Gasteiger partial charge < -0.3 is 24.4 Å². The average molecular weight is 555 g/mol. The molecular weight excluding hydrogens is 533 g/mol. The van der Waals surface area contributed by atoms with Gasteiger partial charge in [-0.3, -0.25) is 14.3 Å². The largest absolute Gasteiger partial charge is 0.573 e. The number of nitrogens with one attached hydrogen (secondary N) is 1. The first kappa shape index (κ1) is 27.6. The van der Waals surface area contributed by atoms with Crippen LogP contribution in [0.4, 0.5) is 27.6 Å². The van der Waals surface area contributed by atoms with E-state index in [9.17, 15) is 31.5 Å². The van der Waals surface area contributed by atoms with Gasteiger partial charge in [-0.25, -0.2) is 13.8 Å². The van der Waals surface area contributed by atoms with E-state index in [0.717, 1.165) is 16.8 Å². The second-order valence-corrected chi connectivity index (χ2v) is 8.24. The first-order valence-corrected chi connectivity index (χ1v) is 11.4. The van der Waals surface area contributed by atoms with Crippen molar-refractivity contribution in [3.05, 3.63) is 59.5 Å². The Morgan fingerprint density at radius 2 is 1.87 bits per heavy atom. The summed E-state index contributed by atoms with van der Waals surface area (Å²) in [4.78, 5) is 31.7. The Bertz CT molecular complexity index is 1360. The number of rotatable bonds is 8. The van der Waals surface area contributed by atoms with Crippen LogP contribution in [0.1, 0.15) is 38.9 Å². The van der Waals surface area contributed by atoms with Crippen LogP contribution in [0.25, 0.3) is 0 Å². The molecule has 3 aromatic rings. The summed E-state index contributed by atoms with van der Waals surface area (Å²) in [5.41, 5.74) is -0.0650. The number of methoxy groups -OCH3 is 2. The van der Waals surface area contributed by atoms with E-state index < -0.39 is 48.5 Å². The lowest BCUT2D eigenvalue weighted by Gasteiger charge is -2.33. The van der Waals surface area contributed by atoms with E-state index in [0.29, 0.717) is 0 Å². The highest BCUT2D eigenvalue weighted by molar-refractivity contribution is 6.07. The topological polar surface area (TPSA) is 108 Å². The predicted octanol–water partition coefficient (Wildman–Crippen LogP) is 3.98. The molecule has 2 amide bonds. The van der Waals surface area contributed by atoms with Gasteiger partial charge in [-0.2, -0.15) is 5.10 Å². The van der Waals surface area contributed by atoms with Crippen LogP contribution in [0.15, 0.2) is 42.7 Å². The summed E-state index contributed by atoms with van der Waals surface area (Å²) < 4.78 is 80.3. The fraction of sp³-hybridized carbons (Fsp3) is 0.333. The smallest absolute Gasteiger partial charge is 0.491 e. The second kappa shape index (κ2) is 11.1. The highest BCUT2D eigenvalue weighted by Crippen LogP contribution is 2.36. The van der Waals surface area contributed by atoms with Crippen molar-refractivity contribution in [1.29, 1.82) is 0 Å². The molecule has 0 fully saturated rings. The summed E-state index contributed by atoms with van der Waals surface area (Å²) in [6.07, 6.45) is -5.33. The number of nitrogens with zero attached hydrogens (tertiary/aromatic N) is 4. The number of hydrogen-bond donors (Lipinski definition) is 1. The van der Waals surface area contributed by atoms with Crippen LogP contribution in [-0.4, -0.2) is 60.1 Å². The van der Waals surface area contributed by atoms with E-state index in [1.165, 1.54) is 49.7 Å². The monoisotopic (exact) mass is 555 g/mol. The number of hydrogen-bond acceptors (Lipinski definition) is 7. The maximum Gasteiger partial charge on any atom is 0.573 e. The molecule has 39 heavy (non-hydrogen) atoms. The predicted molar refractivity (Wildman–Crippen MR) is 125 cm³/mol. The summed E-state index contributed by atoms with van der Waals surface area (Å²) in [5, 5.41) is 6.55. The molecular formula is C24H22F5N5O5. The quantitative estimate of drug-likeness (QED) is 0.419. The van der Waals surface area contributed by atoms with Gasteiger partial charge in [0, 0.05) is 18.8 Å². The van der Waals surface area contributed by atoms with Crippen molar-refractivity contribution in [2.45, 2.75) is 31.8 Å². The molecule has 2 aromatic heterocycles. The van der Waals surface area contributed by atoms with E-state index in [-0.39, 0.29) is 41.5 Å². The first-order valence-electron chi connectivity index (χ1n) is 11.4. The Balaban J connectivity index is 1.66. The zero-order valence-corrected chi connectivity index (χ0v) is 20.5. The van der Waals surface area contributed by atoms with Crippen molar-refractivity contribution in [2.24, 2.45) is 0 Å². The third-order valence-corrected chi connectivity index (χ3v) is 5.82. The summed E-state index contributed by atoms with van der Waals surface area (Å²) in [6.45, 7) is -0.818. The van der Waals surface area contributed by atoms with Crippen LogP contribution in [0.2, 0.25) is 0 Å². The zero-order valence-electron chi connectivity index (χ0n) is 20.5. The number of ether oxygens (including phenoxy) is 3. The number of amides is 2. The molecule has 0 saturated heterocycles. The molecule has 1 N–H and O–H groups in total. The maximum absolute atomic E-state index is 13.4. The van der Waals surface area contributed by atoms with Crippen molar-refractivity contribution in [1.82, 2.24) is 20.1 Å². The molecule has 208 valence electrons. The highest BCUT2D eigenvalue weighted by Gasteiger charge is 2.36. The minimum atomic E-state index is -5.04. The van der Waals surface area contributed by atoms with Crippen molar-refractivity contribution >= 4 is 17.5 Å². The van der Waals surface area contributed by atoms with Crippen LogP contribution >= 0.6 is 0 Å². The lowest BCUT2D eigenvalue weighted by Crippen LogP contribution is -2.42. The average Bonchev–Trinajstić information content (AvgIpc) is 3.30. The Kier molecular flexibility index (Phi) is 7.88. The van der Waals surface area contributed by atoms with E-state index >= 15 is 0 Å². The molecule has 1 aliphatic heterocycles. The van der Waals surface area contributed by atoms with Crippen molar-refractivity contribution in [3.8, 4) is 17.4 Å². The lowest BCUT2D eigenvalue weighted by molar-refractivity contribution is -0.274. The first-order chi connectivity index (χ1) is 18.5. The van der Waals surface area contributed by atoms with Gasteiger partial charge in [0.2, 0.25) is 0 Å². The molecule has 0 aliphatic carbocycles. The van der Waals surface area contributed by atoms with Crippen LogP contribution in [0.5, 0.6) is 17.4 Å². The number of halogens is 5. The summed E-state index contributed by atoms with van der Waals surface area (Å²) >= 11 is 0. The van der Waals surface area contributed by atoms with Gasteiger partial charge in [0.25, 0.3) is 24.1 Å². The van der Waals surface area contributed by atoms with E-state index in [1.54, 1.807) is 0 Å². The van der Waals surface area contributed by atoms with Crippen molar-refractivity contribution in [3.63, 3.8) is 0 Å². The molecule has 0 radical (unpaired) electrons. The molecule has 3 heterocycles. The Labute approximate surface area is 218 Å². The van der Waals surface area contributed by atoms with E-state index in [1.807, 2.05) is 0 Å². The zero-order chi connectivity index (χ0) is 28.3. The molecule has 0 saturated carbocycles. The van der Waals surface area contributed by atoms with Gasteiger partial charge in [-0.1, -0.05) is 12.1 Å². The van der Waals surface area contributed by atoms with Crippen LogP contribution in [0.3, 0.4) is 0 Å². The molecule has 4 rings (SSSR count). The van der Waals surface area contributed by atoms with Crippen molar-refractivity contribution < 1.29 is 45.8 Å². The Hall–Kier alpha value is -4.43. The van der Waals surface area contributed by atoms with Gasteiger partial charge in [0.1, 0.15) is 12.3 Å². The number of benzene rings is 1. The number of alkyl halides is 5. The lowest BCUT2D eigenvalue weighted by atomic mass is 10.0. The highest BCUT2D eigenvalue weighted by atomic mass is 19.4. The summed E-state index contributed by atoms with van der Waals surface area (Å²) in [5.74, 6) is -1.86. The fourth-order valence-electron chi connectivity index (χ4n) is 4.20. The normalized spacial score (nSPS) is 15.1. The minimum absolute atomic E-state index is 0.0200. The number of aromatic nitrogens is 3. The van der Waals surface area contributed by atoms with Gasteiger partial charge in [0.05, 0.1) is 49.0 Å². The molecule has 1 unspecified atom stereocenters. The Morgan fingerprint density at radius 1 is 1.13 bits per heavy atom. The molecule has 0 spiro atoms. The summed E-state index contributed by atoms with van der Waals surface area (Å²) in [7, 11) is 2.75. The number of para-hydroxylation sites is 1. The molecule has 1 aromatic carbocycles. The number of anilines is 1. The number of carbonyl (C=O) groups is 2. The van der Waals surface area contributed by atoms with Gasteiger partial charge >= 0.3 is 6.36 Å². The van der Waals surface area contributed by atoms with Gasteiger partial charge in [-0.05, 0) is 18.6 Å². The molecule has 1 aliphatic rings. The molecule has 15 heteroatoms. The summed E-state index contributed by atoms with van der Waals surface area (Å²) in [6, 6.07) is 5.18. The standard InChI is InChI=1S/C24H22F5N5O5/c1-37-18-9-13(10-30-22(18)38-2)23(36)33-8-7-15(20-16(33)11-31-34(20)12-19(25)26)32-21(35)14-5-3-4-6-17(14)39-24(27,28)29/h3-6,9-11,15,19H,7-8,12H2,1-2H3,(H,32,35). The number of fused-ring (bicyclic) bond motifs is 1. The number of pyridine rings is 1. The SMILES string of the molecule is COc1cc(C(=O)N2CCC(NC(=O)c3ccccc3OC(F)(F)F)c3c2cnn3CC(F)F)cnc1OC. The van der Waals surface area contributed by atoms with Gasteiger partial charge in [-0.15, -0.1) is 13.2 Å². The molecule has 0 bridgehead atoms. The van der Waals surface area contributed by atoms with Crippen LogP contribution in [0, 0.1) is 0 Å². The Morgan fingerprint density at radius 3 is 2.54 bits per heavy atom. The molecule has 1 atom stereocenters. The minimum Gasteiger partial charge on any atom is -0.491 e. The fourth-order valence-corrected chi connectivity index (χ4v) is 4.20.